The van der Waals surface area contributed by atoms with Gasteiger partial charge in [-0.15, -0.1) is 0 Å². The van der Waals surface area contributed by atoms with Crippen molar-refractivity contribution in [3.8, 4) is 5.75 Å². The van der Waals surface area contributed by atoms with E-state index in [1.54, 1.807) is 32.0 Å². The van der Waals surface area contributed by atoms with Gasteiger partial charge < -0.3 is 29.9 Å². The number of benzene rings is 1. The summed E-state index contributed by atoms with van der Waals surface area (Å²) in [6.45, 7) is 2.75. The third-order valence-electron chi connectivity index (χ3n) is 6.19. The summed E-state index contributed by atoms with van der Waals surface area (Å²) in [5.74, 6) is -1.58. The number of nitrogens with zero attached hydrogens (tertiary/aromatic N) is 3. The lowest BCUT2D eigenvalue weighted by Crippen LogP contribution is -2.49. The minimum atomic E-state index is -4.12. The number of aliphatic hydroxyl groups excluding tert-OH is 1. The fourth-order valence-corrected chi connectivity index (χ4v) is 6.10. The van der Waals surface area contributed by atoms with E-state index in [9.17, 15) is 28.8 Å². The Labute approximate surface area is 227 Å². The molecule has 14 nitrogen and oxygen atoms in total. The predicted molar refractivity (Wildman–Crippen MR) is 139 cm³/mol. The van der Waals surface area contributed by atoms with Crippen molar-refractivity contribution >= 4 is 30.7 Å². The molecule has 40 heavy (non-hydrogen) atoms. The van der Waals surface area contributed by atoms with Gasteiger partial charge in [0.2, 0.25) is 5.95 Å². The number of aromatic nitrogens is 4. The first-order chi connectivity index (χ1) is 18.9. The average Bonchev–Trinajstić information content (AvgIpc) is 3.42. The molecule has 6 atom stereocenters. The average molecular weight is 584 g/mol. The van der Waals surface area contributed by atoms with Gasteiger partial charge in [-0.3, -0.25) is 23.7 Å². The Morgan fingerprint density at radius 3 is 2.67 bits per heavy atom. The molecular weight excluding hydrogens is 552 g/mol. The van der Waals surface area contributed by atoms with Crippen LogP contribution in [0, 0.1) is 5.92 Å². The van der Waals surface area contributed by atoms with Gasteiger partial charge in [-0.2, -0.15) is 4.98 Å². The number of nitrogens with one attached hydrogen (secondary N) is 1. The molecule has 1 fully saturated rings. The third kappa shape index (κ3) is 6.03. The number of aliphatic hydroxyl groups is 2. The van der Waals surface area contributed by atoms with Crippen LogP contribution in [0.3, 0.4) is 0 Å². The number of hydrogen-bond acceptors (Lipinski definition) is 12. The zero-order valence-corrected chi connectivity index (χ0v) is 22.9. The van der Waals surface area contributed by atoms with Crippen molar-refractivity contribution in [1.29, 1.82) is 0 Å². The van der Waals surface area contributed by atoms with Crippen molar-refractivity contribution in [2.45, 2.75) is 50.9 Å². The van der Waals surface area contributed by atoms with Gasteiger partial charge in [0.15, 0.2) is 23.0 Å². The second-order valence-electron chi connectivity index (χ2n) is 9.75. The number of aromatic amines is 1. The SMILES string of the molecule is CC(C)OC(=O)[C@H](C)C[P@@](=O)(OC[C@H]1O[C@@H](n2cnc3c(=O)[nH]c(N)nc32)C(O)(CF)[C@H]1O)Oc1ccccc1. The number of para-hydroxylation sites is 1. The van der Waals surface area contributed by atoms with Gasteiger partial charge in [-0.25, -0.2) is 13.9 Å². The van der Waals surface area contributed by atoms with E-state index in [-0.39, 0.29) is 29.0 Å². The number of esters is 1. The Bertz CT molecular complexity index is 1450. The highest BCUT2D eigenvalue weighted by atomic mass is 31.2. The molecule has 1 unspecified atom stereocenters. The van der Waals surface area contributed by atoms with Crippen molar-refractivity contribution < 1.29 is 42.5 Å². The molecule has 0 spiro atoms. The van der Waals surface area contributed by atoms with Crippen molar-refractivity contribution in [2.24, 2.45) is 5.92 Å². The van der Waals surface area contributed by atoms with Crippen LogP contribution < -0.4 is 15.8 Å². The second kappa shape index (κ2) is 11.6. The summed E-state index contributed by atoms with van der Waals surface area (Å²) in [6.07, 6.45) is -4.62. The van der Waals surface area contributed by atoms with Crippen molar-refractivity contribution in [1.82, 2.24) is 19.5 Å². The number of nitrogens with two attached hydrogens (primary N) is 1. The van der Waals surface area contributed by atoms with E-state index in [0.29, 0.717) is 0 Å². The topological polar surface area (TPSA) is 201 Å². The zero-order valence-electron chi connectivity index (χ0n) is 22.0. The molecule has 1 saturated heterocycles. The molecule has 3 heterocycles. The Morgan fingerprint density at radius 2 is 2.02 bits per heavy atom. The summed E-state index contributed by atoms with van der Waals surface area (Å²) in [4.78, 5) is 34.7. The smallest absolute Gasteiger partial charge is 0.380 e. The lowest BCUT2D eigenvalue weighted by atomic mass is 9.95. The summed E-state index contributed by atoms with van der Waals surface area (Å²) in [5, 5.41) is 21.9. The molecule has 2 aromatic heterocycles. The molecule has 16 heteroatoms. The molecule has 218 valence electrons. The van der Waals surface area contributed by atoms with Crippen LogP contribution in [0.2, 0.25) is 0 Å². The van der Waals surface area contributed by atoms with E-state index in [1.807, 2.05) is 0 Å². The van der Waals surface area contributed by atoms with E-state index in [2.05, 4.69) is 15.0 Å². The number of alkyl halides is 1. The number of H-pyrrole nitrogens is 1. The molecule has 0 radical (unpaired) electrons. The fourth-order valence-electron chi connectivity index (χ4n) is 4.23. The van der Waals surface area contributed by atoms with Gasteiger partial charge in [0.25, 0.3) is 5.56 Å². The minimum Gasteiger partial charge on any atom is -0.463 e. The van der Waals surface area contributed by atoms with Gasteiger partial charge in [0.1, 0.15) is 24.6 Å². The first-order valence-electron chi connectivity index (χ1n) is 12.4. The Morgan fingerprint density at radius 1 is 1.32 bits per heavy atom. The van der Waals surface area contributed by atoms with Crippen LogP contribution in [0.4, 0.5) is 10.3 Å². The van der Waals surface area contributed by atoms with Crippen molar-refractivity contribution in [3.05, 3.63) is 47.0 Å². The van der Waals surface area contributed by atoms with E-state index in [4.69, 9.17) is 24.3 Å². The molecule has 0 aliphatic carbocycles. The number of imidazole rings is 1. The number of hydrogen-bond donors (Lipinski definition) is 4. The lowest BCUT2D eigenvalue weighted by molar-refractivity contribution is -0.151. The summed E-state index contributed by atoms with van der Waals surface area (Å²) >= 11 is 0. The van der Waals surface area contributed by atoms with E-state index >= 15 is 0 Å². The maximum absolute atomic E-state index is 14.2. The maximum Gasteiger partial charge on any atom is 0.380 e. The Kier molecular flexibility index (Phi) is 8.61. The first kappa shape index (κ1) is 29.6. The van der Waals surface area contributed by atoms with Crippen molar-refractivity contribution in [2.75, 3.05) is 25.2 Å². The monoisotopic (exact) mass is 583 g/mol. The zero-order chi connectivity index (χ0) is 29.2. The molecule has 1 aliphatic heterocycles. The number of rotatable bonds is 11. The fraction of sp³-hybridized carbons (Fsp3) is 0.500. The molecule has 1 aliphatic rings. The molecule has 1 aromatic carbocycles. The van der Waals surface area contributed by atoms with Crippen LogP contribution >= 0.6 is 7.60 Å². The number of ether oxygens (including phenoxy) is 2. The van der Waals surface area contributed by atoms with Gasteiger partial charge in [0.05, 0.1) is 31.1 Å². The number of anilines is 1. The summed E-state index contributed by atoms with van der Waals surface area (Å²) in [7, 11) is -4.12. The van der Waals surface area contributed by atoms with Crippen LogP contribution in [0.25, 0.3) is 11.2 Å². The lowest BCUT2D eigenvalue weighted by Gasteiger charge is -2.28. The molecule has 0 saturated carbocycles. The van der Waals surface area contributed by atoms with E-state index in [1.165, 1.54) is 19.1 Å². The summed E-state index contributed by atoms with van der Waals surface area (Å²) in [6, 6.07) is 8.09. The molecular formula is C24H31FN5O9P. The van der Waals surface area contributed by atoms with E-state index in [0.717, 1.165) is 10.9 Å². The number of halogens is 1. The predicted octanol–water partition coefficient (Wildman–Crippen LogP) is 1.54. The van der Waals surface area contributed by atoms with Gasteiger partial charge in [0, 0.05) is 0 Å². The largest absolute Gasteiger partial charge is 0.463 e. The van der Waals surface area contributed by atoms with Crippen LogP contribution in [-0.2, 0) is 23.4 Å². The van der Waals surface area contributed by atoms with Crippen LogP contribution in [0.5, 0.6) is 5.75 Å². The van der Waals surface area contributed by atoms with Crippen LogP contribution in [0.15, 0.2) is 41.5 Å². The minimum absolute atomic E-state index is 0.123. The van der Waals surface area contributed by atoms with Crippen LogP contribution in [-0.4, -0.2) is 79.1 Å². The first-order valence-corrected chi connectivity index (χ1v) is 14.1. The Hall–Kier alpha value is -3.36. The number of fused-ring (bicyclic) bond motifs is 1. The molecule has 0 bridgehead atoms. The highest BCUT2D eigenvalue weighted by molar-refractivity contribution is 7.54. The second-order valence-corrected chi connectivity index (χ2v) is 11.8. The maximum atomic E-state index is 14.2. The normalized spacial score (nSPS) is 25.1. The number of carbonyl (C=O) groups excluding carboxylic acids is 1. The van der Waals surface area contributed by atoms with Gasteiger partial charge in [-0.1, -0.05) is 25.1 Å². The van der Waals surface area contributed by atoms with Gasteiger partial charge in [-0.05, 0) is 26.0 Å². The number of carbonyl (C=O) groups is 1. The molecule has 0 amide bonds. The van der Waals surface area contributed by atoms with Crippen LogP contribution in [0.1, 0.15) is 27.0 Å². The summed E-state index contributed by atoms with van der Waals surface area (Å²) < 4.78 is 51.4. The van der Waals surface area contributed by atoms with Gasteiger partial charge >= 0.3 is 13.6 Å². The highest BCUT2D eigenvalue weighted by Gasteiger charge is 2.57. The Balaban J connectivity index is 1.58. The molecule has 3 aromatic rings. The molecule has 5 N–H and O–H groups in total. The molecule has 4 rings (SSSR count). The standard InChI is InChI=1S/C24H31FN5O9P/c1-13(2)37-21(33)14(3)10-40(35,39-15-7-5-4-6-8-15)36-9-16-18(31)24(34,11-25)22(38-16)30-12-27-17-19(30)28-23(26)29-20(17)32/h4-8,12-14,16,18,22,31,34H,9-11H2,1-3H3,(H3,26,28,29,32)/t14-,16-,18+,22-,24?,40-/m1/s1. The number of nitrogen functional groups attached to an aromatic ring is 1. The third-order valence-corrected chi connectivity index (χ3v) is 8.21. The quantitative estimate of drug-likeness (QED) is 0.188. The van der Waals surface area contributed by atoms with Crippen molar-refractivity contribution in [3.63, 3.8) is 0 Å². The highest BCUT2D eigenvalue weighted by Crippen LogP contribution is 2.51. The summed E-state index contributed by atoms with van der Waals surface area (Å²) in [5.41, 5.74) is 2.14. The van der Waals surface area contributed by atoms with E-state index < -0.39 is 68.5 Å².